The number of hydrogen-bond acceptors (Lipinski definition) is 4. The van der Waals surface area contributed by atoms with Crippen LogP contribution in [0.2, 0.25) is 0 Å². The van der Waals surface area contributed by atoms with Gasteiger partial charge in [-0.3, -0.25) is 14.4 Å². The molecule has 0 saturated heterocycles. The van der Waals surface area contributed by atoms with Crippen LogP contribution in [0.25, 0.3) is 10.8 Å². The lowest BCUT2D eigenvalue weighted by Crippen LogP contribution is -2.40. The van der Waals surface area contributed by atoms with Crippen molar-refractivity contribution in [2.45, 2.75) is 0 Å². The molecule has 1 N–H and O–H groups in total. The summed E-state index contributed by atoms with van der Waals surface area (Å²) >= 11 is 1.36. The number of thiophene rings is 1. The Labute approximate surface area is 170 Å². The van der Waals surface area contributed by atoms with Crippen molar-refractivity contribution in [3.05, 3.63) is 94.2 Å². The molecule has 140 valence electrons. The Morgan fingerprint density at radius 3 is 2.03 bits per heavy atom. The second-order valence-corrected chi connectivity index (χ2v) is 7.58. The summed E-state index contributed by atoms with van der Waals surface area (Å²) in [6.07, 6.45) is 0. The molecular weight excluding hydrogens is 384 g/mol. The van der Waals surface area contributed by atoms with E-state index in [-0.39, 0.29) is 17.7 Å². The van der Waals surface area contributed by atoms with Crippen LogP contribution in [0, 0.1) is 0 Å². The van der Waals surface area contributed by atoms with Crippen LogP contribution < -0.4 is 10.2 Å². The minimum atomic E-state index is -0.352. The number of hydrogen-bond donors (Lipinski definition) is 1. The van der Waals surface area contributed by atoms with Crippen molar-refractivity contribution in [1.82, 2.24) is 0 Å². The molecule has 29 heavy (non-hydrogen) atoms. The number of carbonyl (C=O) groups excluding carboxylic acids is 3. The van der Waals surface area contributed by atoms with Gasteiger partial charge in [-0.2, -0.15) is 0 Å². The van der Waals surface area contributed by atoms with Gasteiger partial charge >= 0.3 is 0 Å². The maximum Gasteiger partial charge on any atom is 0.265 e. The fraction of sp³-hybridized carbons (Fsp3) is 0. The van der Waals surface area contributed by atoms with E-state index in [1.54, 1.807) is 42.5 Å². The number of nitrogens with zero attached hydrogens (tertiary/aromatic N) is 1. The molecule has 0 fully saturated rings. The summed E-state index contributed by atoms with van der Waals surface area (Å²) in [5.74, 6) is -0.900. The third-order valence-corrected chi connectivity index (χ3v) is 5.77. The van der Waals surface area contributed by atoms with Crippen molar-refractivity contribution >= 4 is 51.2 Å². The minimum Gasteiger partial charge on any atom is -0.321 e. The molecule has 2 heterocycles. The van der Waals surface area contributed by atoms with E-state index in [1.807, 2.05) is 35.7 Å². The van der Waals surface area contributed by atoms with E-state index in [0.29, 0.717) is 32.8 Å². The van der Waals surface area contributed by atoms with Crippen LogP contribution in [-0.4, -0.2) is 17.7 Å². The summed E-state index contributed by atoms with van der Waals surface area (Å²) in [5.41, 5.74) is 2.06. The monoisotopic (exact) mass is 398 g/mol. The molecule has 1 aromatic heterocycles. The normalized spacial score (nSPS) is 13.0. The predicted octanol–water partition coefficient (Wildman–Crippen LogP) is 4.95. The molecule has 0 aliphatic carbocycles. The zero-order valence-electron chi connectivity index (χ0n) is 15.1. The van der Waals surface area contributed by atoms with Crippen LogP contribution in [0.1, 0.15) is 30.4 Å². The average molecular weight is 398 g/mol. The summed E-state index contributed by atoms with van der Waals surface area (Å²) in [6.45, 7) is 0. The second kappa shape index (κ2) is 6.68. The maximum atomic E-state index is 13.1. The number of carbonyl (C=O) groups is 3. The fourth-order valence-corrected chi connectivity index (χ4v) is 4.18. The standard InChI is InChI=1S/C23H14N2O3S/c26-21(19-8-3-13-29-19)24-15-9-11-16(12-10-15)25-22(27)17-6-1-4-14-5-2-7-18(20(14)17)23(25)28/h1-13H,(H,24,26). The van der Waals surface area contributed by atoms with Crippen LogP contribution in [0.5, 0.6) is 0 Å². The van der Waals surface area contributed by atoms with Gasteiger partial charge in [0.2, 0.25) is 0 Å². The van der Waals surface area contributed by atoms with Crippen molar-refractivity contribution in [1.29, 1.82) is 0 Å². The molecule has 5 rings (SSSR count). The Morgan fingerprint density at radius 1 is 0.793 bits per heavy atom. The van der Waals surface area contributed by atoms with E-state index in [0.717, 1.165) is 5.39 Å². The van der Waals surface area contributed by atoms with Gasteiger partial charge in [0.05, 0.1) is 10.6 Å². The SMILES string of the molecule is O=C(Nc1ccc(N2C(=O)c3cccc4cccc(c34)C2=O)cc1)c1cccs1. The molecule has 5 nitrogen and oxygen atoms in total. The van der Waals surface area contributed by atoms with E-state index in [9.17, 15) is 14.4 Å². The molecule has 1 aliphatic rings. The first-order chi connectivity index (χ1) is 14.1. The summed E-state index contributed by atoms with van der Waals surface area (Å²) in [5, 5.41) is 6.21. The number of nitrogens with one attached hydrogen (secondary N) is 1. The fourth-order valence-electron chi connectivity index (χ4n) is 3.56. The Morgan fingerprint density at radius 2 is 1.45 bits per heavy atom. The smallest absolute Gasteiger partial charge is 0.265 e. The number of benzene rings is 3. The average Bonchev–Trinajstić information content (AvgIpc) is 3.28. The number of rotatable bonds is 3. The Hall–Kier alpha value is -3.77. The lowest BCUT2D eigenvalue weighted by atomic mass is 9.94. The van der Waals surface area contributed by atoms with E-state index >= 15 is 0 Å². The molecule has 0 saturated carbocycles. The summed E-state index contributed by atoms with van der Waals surface area (Å²) in [4.78, 5) is 40.1. The Balaban J connectivity index is 1.48. The molecule has 4 aromatic rings. The lowest BCUT2D eigenvalue weighted by molar-refractivity contribution is 0.0892. The van der Waals surface area contributed by atoms with Crippen molar-refractivity contribution in [3.8, 4) is 0 Å². The predicted molar refractivity (Wildman–Crippen MR) is 114 cm³/mol. The molecule has 0 spiro atoms. The van der Waals surface area contributed by atoms with Crippen molar-refractivity contribution in [3.63, 3.8) is 0 Å². The van der Waals surface area contributed by atoms with Crippen LogP contribution in [0.15, 0.2) is 78.2 Å². The summed E-state index contributed by atoms with van der Waals surface area (Å²) in [7, 11) is 0. The van der Waals surface area contributed by atoms with Crippen molar-refractivity contribution in [2.75, 3.05) is 10.2 Å². The highest BCUT2D eigenvalue weighted by molar-refractivity contribution is 7.12. The molecule has 0 atom stereocenters. The van der Waals surface area contributed by atoms with Gasteiger partial charge in [0.25, 0.3) is 17.7 Å². The van der Waals surface area contributed by atoms with E-state index in [2.05, 4.69) is 5.32 Å². The van der Waals surface area contributed by atoms with Crippen molar-refractivity contribution in [2.24, 2.45) is 0 Å². The first-order valence-corrected chi connectivity index (χ1v) is 9.87. The third kappa shape index (κ3) is 2.81. The largest absolute Gasteiger partial charge is 0.321 e. The molecule has 3 amide bonds. The maximum absolute atomic E-state index is 13.1. The number of anilines is 2. The first kappa shape index (κ1) is 17.3. The van der Waals surface area contributed by atoms with Gasteiger partial charge in [0.1, 0.15) is 0 Å². The molecule has 0 bridgehead atoms. The molecule has 0 radical (unpaired) electrons. The van der Waals surface area contributed by atoms with E-state index < -0.39 is 0 Å². The quantitative estimate of drug-likeness (QED) is 0.496. The number of imide groups is 1. The molecular formula is C23H14N2O3S. The Bertz CT molecular complexity index is 1230. The van der Waals surface area contributed by atoms with Crippen LogP contribution in [0.4, 0.5) is 11.4 Å². The van der Waals surface area contributed by atoms with Gasteiger partial charge in [-0.15, -0.1) is 11.3 Å². The molecule has 0 unspecified atom stereocenters. The third-order valence-electron chi connectivity index (χ3n) is 4.90. The van der Waals surface area contributed by atoms with E-state index in [1.165, 1.54) is 16.2 Å². The molecule has 1 aliphatic heterocycles. The summed E-state index contributed by atoms with van der Waals surface area (Å²) in [6, 6.07) is 21.1. The highest BCUT2D eigenvalue weighted by Gasteiger charge is 2.33. The Kier molecular flexibility index (Phi) is 4.00. The van der Waals surface area contributed by atoms with Crippen LogP contribution in [-0.2, 0) is 0 Å². The highest BCUT2D eigenvalue weighted by atomic mass is 32.1. The van der Waals surface area contributed by atoms with Crippen molar-refractivity contribution < 1.29 is 14.4 Å². The highest BCUT2D eigenvalue weighted by Crippen LogP contribution is 2.33. The van der Waals surface area contributed by atoms with Gasteiger partial charge in [-0.05, 0) is 53.2 Å². The van der Waals surface area contributed by atoms with Gasteiger partial charge in [-0.1, -0.05) is 30.3 Å². The van der Waals surface area contributed by atoms with Gasteiger partial charge in [-0.25, -0.2) is 4.90 Å². The minimum absolute atomic E-state index is 0.196. The second-order valence-electron chi connectivity index (χ2n) is 6.63. The van der Waals surface area contributed by atoms with Gasteiger partial charge < -0.3 is 5.32 Å². The topological polar surface area (TPSA) is 66.5 Å². The zero-order valence-corrected chi connectivity index (χ0v) is 15.9. The van der Waals surface area contributed by atoms with Gasteiger partial charge in [0.15, 0.2) is 0 Å². The number of amides is 3. The van der Waals surface area contributed by atoms with Crippen LogP contribution >= 0.6 is 11.3 Å². The molecule has 3 aromatic carbocycles. The first-order valence-electron chi connectivity index (χ1n) is 8.99. The lowest BCUT2D eigenvalue weighted by Gasteiger charge is -2.27. The van der Waals surface area contributed by atoms with E-state index in [4.69, 9.17) is 0 Å². The zero-order chi connectivity index (χ0) is 20.0. The van der Waals surface area contributed by atoms with Crippen LogP contribution in [0.3, 0.4) is 0 Å². The molecule has 6 heteroatoms. The van der Waals surface area contributed by atoms with Gasteiger partial charge in [0, 0.05) is 22.2 Å². The summed E-state index contributed by atoms with van der Waals surface area (Å²) < 4.78 is 0.